The van der Waals surface area contributed by atoms with E-state index in [0.29, 0.717) is 6.42 Å². The van der Waals surface area contributed by atoms with Crippen molar-refractivity contribution in [2.75, 3.05) is 13.2 Å². The quantitative estimate of drug-likeness (QED) is 0.0264. The minimum absolute atomic E-state index is 0.173. The van der Waals surface area contributed by atoms with Crippen molar-refractivity contribution in [3.63, 3.8) is 0 Å². The lowest BCUT2D eigenvalue weighted by atomic mass is 9.99. The van der Waals surface area contributed by atoms with Crippen LogP contribution in [0.1, 0.15) is 232 Å². The van der Waals surface area contributed by atoms with Gasteiger partial charge in [-0.3, -0.25) is 4.79 Å². The zero-order valence-corrected chi connectivity index (χ0v) is 37.1. The van der Waals surface area contributed by atoms with E-state index in [1.807, 2.05) is 6.08 Å². The molecule has 7 atom stereocenters. The van der Waals surface area contributed by atoms with Gasteiger partial charge in [0.1, 0.15) is 24.4 Å². The minimum Gasteiger partial charge on any atom is -0.394 e. The predicted octanol–water partition coefficient (Wildman–Crippen LogP) is 10.5. The first-order valence-electron chi connectivity index (χ1n) is 24.4. The summed E-state index contributed by atoms with van der Waals surface area (Å²) < 4.78 is 11.2. The molecule has 6 N–H and O–H groups in total. The van der Waals surface area contributed by atoms with Crippen molar-refractivity contribution in [2.24, 2.45) is 0 Å². The van der Waals surface area contributed by atoms with E-state index < -0.39 is 49.5 Å². The number of aliphatic hydroxyl groups is 5. The first-order chi connectivity index (χ1) is 27.8. The number of nitrogens with one attached hydrogen (secondary N) is 1. The summed E-state index contributed by atoms with van der Waals surface area (Å²) in [5.74, 6) is -0.173. The van der Waals surface area contributed by atoms with Gasteiger partial charge in [0, 0.05) is 6.42 Å². The van der Waals surface area contributed by atoms with Crippen molar-refractivity contribution in [3.05, 3.63) is 12.2 Å². The minimum atomic E-state index is -1.56. The van der Waals surface area contributed by atoms with Crippen molar-refractivity contribution in [2.45, 2.75) is 275 Å². The number of aliphatic hydroxyl groups excluding tert-OH is 5. The van der Waals surface area contributed by atoms with Crippen LogP contribution in [0.3, 0.4) is 0 Å². The Kier molecular flexibility index (Phi) is 37.0. The summed E-state index contributed by atoms with van der Waals surface area (Å²) in [6, 6.07) is -0.798. The number of hydrogen-bond acceptors (Lipinski definition) is 8. The third kappa shape index (κ3) is 29.7. The van der Waals surface area contributed by atoms with Crippen molar-refractivity contribution in [1.82, 2.24) is 5.32 Å². The van der Waals surface area contributed by atoms with Crippen LogP contribution < -0.4 is 5.32 Å². The van der Waals surface area contributed by atoms with Gasteiger partial charge in [0.15, 0.2) is 6.29 Å². The maximum Gasteiger partial charge on any atom is 0.220 e. The molecule has 2 unspecified atom stereocenters. The second kappa shape index (κ2) is 39.1. The Labute approximate surface area is 350 Å². The fourth-order valence-corrected chi connectivity index (χ4v) is 7.92. The molecule has 1 aliphatic heterocycles. The third-order valence-electron chi connectivity index (χ3n) is 11.9. The highest BCUT2D eigenvalue weighted by Crippen LogP contribution is 2.23. The van der Waals surface area contributed by atoms with Crippen molar-refractivity contribution < 1.29 is 39.8 Å². The van der Waals surface area contributed by atoms with Crippen molar-refractivity contribution in [1.29, 1.82) is 0 Å². The van der Waals surface area contributed by atoms with E-state index in [2.05, 4.69) is 19.2 Å². The van der Waals surface area contributed by atoms with E-state index in [-0.39, 0.29) is 12.5 Å². The zero-order valence-electron chi connectivity index (χ0n) is 37.1. The van der Waals surface area contributed by atoms with Gasteiger partial charge in [0.25, 0.3) is 0 Å². The highest BCUT2D eigenvalue weighted by Gasteiger charge is 2.44. The number of carbonyl (C=O) groups is 1. The number of unbranched alkanes of at least 4 members (excludes halogenated alkanes) is 31. The molecule has 0 radical (unpaired) electrons. The molecule has 0 aromatic heterocycles. The van der Waals surface area contributed by atoms with Gasteiger partial charge >= 0.3 is 0 Å². The first-order valence-corrected chi connectivity index (χ1v) is 24.4. The molecule has 1 heterocycles. The van der Waals surface area contributed by atoms with Gasteiger partial charge in [-0.1, -0.05) is 219 Å². The van der Waals surface area contributed by atoms with Crippen LogP contribution in [0.25, 0.3) is 0 Å². The largest absolute Gasteiger partial charge is 0.394 e. The van der Waals surface area contributed by atoms with Gasteiger partial charge in [0.05, 0.1) is 25.4 Å². The lowest BCUT2D eigenvalue weighted by molar-refractivity contribution is -0.302. The van der Waals surface area contributed by atoms with Crippen LogP contribution in [0.4, 0.5) is 0 Å². The normalized spacial score (nSPS) is 21.0. The average molecular weight is 812 g/mol. The molecule has 1 amide bonds. The van der Waals surface area contributed by atoms with Gasteiger partial charge in [-0.25, -0.2) is 0 Å². The highest BCUT2D eigenvalue weighted by atomic mass is 16.7. The number of ether oxygens (including phenoxy) is 2. The summed E-state index contributed by atoms with van der Waals surface area (Å²) in [6.45, 7) is 3.79. The lowest BCUT2D eigenvalue weighted by Crippen LogP contribution is -2.60. The smallest absolute Gasteiger partial charge is 0.220 e. The first kappa shape index (κ1) is 53.9. The molecule has 57 heavy (non-hydrogen) atoms. The van der Waals surface area contributed by atoms with Crippen LogP contribution in [0.5, 0.6) is 0 Å². The maximum atomic E-state index is 13.0. The van der Waals surface area contributed by atoms with Crippen LogP contribution in [0.2, 0.25) is 0 Å². The molecule has 0 aromatic carbocycles. The molecule has 0 saturated carbocycles. The second-order valence-electron chi connectivity index (χ2n) is 17.3. The van der Waals surface area contributed by atoms with Gasteiger partial charge in [-0.2, -0.15) is 0 Å². The molecule has 338 valence electrons. The second-order valence-corrected chi connectivity index (χ2v) is 17.3. The van der Waals surface area contributed by atoms with E-state index in [4.69, 9.17) is 9.47 Å². The molecule has 9 heteroatoms. The Hall–Kier alpha value is -1.07. The summed E-state index contributed by atoms with van der Waals surface area (Å²) in [4.78, 5) is 13.0. The number of amides is 1. The maximum absolute atomic E-state index is 13.0. The zero-order chi connectivity index (χ0) is 41.6. The van der Waals surface area contributed by atoms with E-state index in [1.165, 1.54) is 173 Å². The lowest BCUT2D eigenvalue weighted by Gasteiger charge is -2.40. The van der Waals surface area contributed by atoms with Crippen LogP contribution in [0, 0.1) is 0 Å². The highest BCUT2D eigenvalue weighted by molar-refractivity contribution is 5.76. The van der Waals surface area contributed by atoms with Crippen LogP contribution >= 0.6 is 0 Å². The molecule has 1 aliphatic rings. The van der Waals surface area contributed by atoms with E-state index in [0.717, 1.165) is 38.5 Å². The summed E-state index contributed by atoms with van der Waals surface area (Å²) in [5, 5.41) is 54.2. The summed E-state index contributed by atoms with van der Waals surface area (Å²) >= 11 is 0. The van der Waals surface area contributed by atoms with Crippen molar-refractivity contribution >= 4 is 5.91 Å². The molecule has 9 nitrogen and oxygen atoms in total. The molecule has 1 fully saturated rings. The van der Waals surface area contributed by atoms with Gasteiger partial charge < -0.3 is 40.3 Å². The summed E-state index contributed by atoms with van der Waals surface area (Å²) in [5.41, 5.74) is 0. The van der Waals surface area contributed by atoms with E-state index in [1.54, 1.807) is 6.08 Å². The average Bonchev–Trinajstić information content (AvgIpc) is 3.21. The fourth-order valence-electron chi connectivity index (χ4n) is 7.92. The third-order valence-corrected chi connectivity index (χ3v) is 11.9. The SMILES string of the molecule is CCCCCCCCCCCCC/C=C/[C@@H](O)[C@H](CO[C@@H]1O[C@H](CO)[C@@H](O)C(O)C1O)NC(=O)CCCCCCCCCCCCCCCCCCCCCCC. The van der Waals surface area contributed by atoms with Gasteiger partial charge in [-0.15, -0.1) is 0 Å². The van der Waals surface area contributed by atoms with Crippen LogP contribution in [0.15, 0.2) is 12.2 Å². The Morgan fingerprint density at radius 1 is 0.579 bits per heavy atom. The van der Waals surface area contributed by atoms with Crippen LogP contribution in [-0.4, -0.2) is 87.5 Å². The predicted molar refractivity (Wildman–Crippen MR) is 235 cm³/mol. The number of rotatable bonds is 41. The molecule has 1 saturated heterocycles. The van der Waals surface area contributed by atoms with E-state index in [9.17, 15) is 30.3 Å². The molecular weight excluding hydrogens is 719 g/mol. The molecule has 0 bridgehead atoms. The van der Waals surface area contributed by atoms with Crippen molar-refractivity contribution in [3.8, 4) is 0 Å². The van der Waals surface area contributed by atoms with Crippen LogP contribution in [-0.2, 0) is 14.3 Å². The Bertz CT molecular complexity index is 904. The Balaban J connectivity index is 2.27. The standard InChI is InChI=1S/C48H93NO8/c1-3-5-7-9-11-13-15-17-18-19-20-21-22-23-24-26-28-30-32-34-36-38-44(52)49-41(40-56-48-47(55)46(54)45(53)43(39-50)57-48)42(51)37-35-33-31-29-27-25-16-14-12-10-8-6-4-2/h35,37,41-43,45-48,50-51,53-55H,3-34,36,38-40H2,1-2H3,(H,49,52)/b37-35+/t41-,42+,43+,45+,46?,47?,48+/m0/s1. The monoisotopic (exact) mass is 812 g/mol. The Morgan fingerprint density at radius 2 is 0.965 bits per heavy atom. The van der Waals surface area contributed by atoms with Gasteiger partial charge in [0.2, 0.25) is 5.91 Å². The molecule has 1 rings (SSSR count). The number of hydrogen-bond donors (Lipinski definition) is 6. The molecule has 0 spiro atoms. The number of allylic oxidation sites excluding steroid dienone is 1. The number of carbonyl (C=O) groups excluding carboxylic acids is 1. The summed E-state index contributed by atoms with van der Waals surface area (Å²) in [7, 11) is 0. The molecule has 0 aliphatic carbocycles. The fraction of sp³-hybridized carbons (Fsp3) is 0.938. The topological polar surface area (TPSA) is 149 Å². The molecular formula is C48H93NO8. The molecule has 0 aromatic rings. The Morgan fingerprint density at radius 3 is 1.37 bits per heavy atom. The van der Waals surface area contributed by atoms with Gasteiger partial charge in [-0.05, 0) is 19.3 Å². The summed E-state index contributed by atoms with van der Waals surface area (Å²) in [6.07, 6.45) is 38.3. The van der Waals surface area contributed by atoms with E-state index >= 15 is 0 Å².